The molecule has 0 atom stereocenters. The molecule has 0 unspecified atom stereocenters. The Balaban J connectivity index is 2.42. The van der Waals surface area contributed by atoms with Gasteiger partial charge in [0.15, 0.2) is 0 Å². The van der Waals surface area contributed by atoms with Crippen LogP contribution in [0.1, 0.15) is 35.2 Å². The van der Waals surface area contributed by atoms with Crippen LogP contribution in [0, 0.1) is 6.92 Å². The number of nitrogens with one attached hydrogen (secondary N) is 1. The lowest BCUT2D eigenvalue weighted by molar-refractivity contribution is 0.0952. The van der Waals surface area contributed by atoms with Crippen LogP contribution in [0.2, 0.25) is 0 Å². The normalized spacial score (nSPS) is 10.3. The van der Waals surface area contributed by atoms with Crippen LogP contribution in [0.5, 0.6) is 0 Å². The van der Waals surface area contributed by atoms with Crippen LogP contribution in [0.15, 0.2) is 22.7 Å². The highest BCUT2D eigenvalue weighted by molar-refractivity contribution is 9.10. The zero-order valence-electron chi connectivity index (χ0n) is 10.0. The van der Waals surface area contributed by atoms with Gasteiger partial charge in [-0.15, -0.1) is 0 Å². The molecule has 17 heavy (non-hydrogen) atoms. The van der Waals surface area contributed by atoms with E-state index in [1.54, 1.807) is 0 Å². The average Bonchev–Trinajstić information content (AvgIpc) is 2.28. The van der Waals surface area contributed by atoms with Crippen molar-refractivity contribution in [3.63, 3.8) is 0 Å². The van der Waals surface area contributed by atoms with E-state index in [9.17, 15) is 4.79 Å². The summed E-state index contributed by atoms with van der Waals surface area (Å²) in [5.41, 5.74) is 1.79. The van der Waals surface area contributed by atoms with E-state index >= 15 is 0 Å². The number of hydrogen-bond acceptors (Lipinski definition) is 2. The number of aryl methyl sites for hydroxylation is 1. The molecule has 1 aromatic rings. The predicted octanol–water partition coefficient (Wildman–Crippen LogP) is 2.65. The van der Waals surface area contributed by atoms with Crippen molar-refractivity contribution in [3.8, 4) is 0 Å². The second-order valence-corrected chi connectivity index (χ2v) is 4.88. The van der Waals surface area contributed by atoms with Crippen LogP contribution in [-0.2, 0) is 0 Å². The third-order valence-electron chi connectivity index (χ3n) is 2.49. The predicted molar refractivity (Wildman–Crippen MR) is 72.1 cm³/mol. The van der Waals surface area contributed by atoms with Crippen molar-refractivity contribution in [2.45, 2.75) is 26.2 Å². The molecule has 3 nitrogen and oxygen atoms in total. The van der Waals surface area contributed by atoms with Crippen molar-refractivity contribution in [1.82, 2.24) is 5.32 Å². The zero-order valence-corrected chi connectivity index (χ0v) is 11.6. The highest BCUT2D eigenvalue weighted by Crippen LogP contribution is 2.18. The molecule has 0 aromatic heterocycles. The van der Waals surface area contributed by atoms with Crippen molar-refractivity contribution in [1.29, 1.82) is 0 Å². The summed E-state index contributed by atoms with van der Waals surface area (Å²) >= 11 is 3.39. The lowest BCUT2D eigenvalue weighted by atomic mass is 10.1. The Morgan fingerprint density at radius 2 is 2.12 bits per heavy atom. The molecular formula is C13H18BrNO2. The molecule has 0 spiro atoms. The van der Waals surface area contributed by atoms with Gasteiger partial charge in [-0.05, 0) is 59.8 Å². The molecule has 2 N–H and O–H groups in total. The molecule has 0 aliphatic heterocycles. The SMILES string of the molecule is Cc1ccc(C(=O)NCCCCCO)c(Br)c1. The van der Waals surface area contributed by atoms with Gasteiger partial charge in [0.2, 0.25) is 0 Å². The first-order valence-electron chi connectivity index (χ1n) is 5.80. The lowest BCUT2D eigenvalue weighted by Crippen LogP contribution is -2.24. The highest BCUT2D eigenvalue weighted by Gasteiger charge is 2.08. The zero-order chi connectivity index (χ0) is 12.7. The number of hydrogen-bond donors (Lipinski definition) is 2. The number of rotatable bonds is 6. The molecule has 0 radical (unpaired) electrons. The van der Waals surface area contributed by atoms with Gasteiger partial charge < -0.3 is 10.4 Å². The minimum Gasteiger partial charge on any atom is -0.396 e. The van der Waals surface area contributed by atoms with E-state index in [4.69, 9.17) is 5.11 Å². The molecule has 94 valence electrons. The van der Waals surface area contributed by atoms with Crippen molar-refractivity contribution >= 4 is 21.8 Å². The molecule has 0 fully saturated rings. The van der Waals surface area contributed by atoms with Crippen LogP contribution >= 0.6 is 15.9 Å². The first-order valence-corrected chi connectivity index (χ1v) is 6.59. The molecule has 0 aliphatic carbocycles. The Labute approximate surface area is 110 Å². The van der Waals surface area contributed by atoms with Gasteiger partial charge in [-0.25, -0.2) is 0 Å². The van der Waals surface area contributed by atoms with E-state index in [-0.39, 0.29) is 12.5 Å². The summed E-state index contributed by atoms with van der Waals surface area (Å²) in [7, 11) is 0. The maximum absolute atomic E-state index is 11.8. The fourth-order valence-electron chi connectivity index (χ4n) is 1.52. The smallest absolute Gasteiger partial charge is 0.252 e. The topological polar surface area (TPSA) is 49.3 Å². The Morgan fingerprint density at radius 1 is 1.35 bits per heavy atom. The molecule has 0 saturated carbocycles. The summed E-state index contributed by atoms with van der Waals surface area (Å²) in [6, 6.07) is 5.68. The molecule has 4 heteroatoms. The van der Waals surface area contributed by atoms with Crippen molar-refractivity contribution < 1.29 is 9.90 Å². The summed E-state index contributed by atoms with van der Waals surface area (Å²) in [6.07, 6.45) is 2.63. The molecule has 0 aliphatic rings. The van der Waals surface area contributed by atoms with Gasteiger partial charge in [-0.3, -0.25) is 4.79 Å². The minimum atomic E-state index is -0.0547. The standard InChI is InChI=1S/C13H18BrNO2/c1-10-5-6-11(12(14)9-10)13(17)15-7-3-2-4-8-16/h5-6,9,16H,2-4,7-8H2,1H3,(H,15,17). The van der Waals surface area contributed by atoms with E-state index in [1.165, 1.54) is 0 Å². The third-order valence-corrected chi connectivity index (χ3v) is 3.15. The van der Waals surface area contributed by atoms with Crippen molar-refractivity contribution in [2.75, 3.05) is 13.2 Å². The Hall–Kier alpha value is -0.870. The molecule has 0 heterocycles. The monoisotopic (exact) mass is 299 g/mol. The van der Waals surface area contributed by atoms with E-state index in [2.05, 4.69) is 21.2 Å². The molecular weight excluding hydrogens is 282 g/mol. The van der Waals surface area contributed by atoms with Gasteiger partial charge in [-0.2, -0.15) is 0 Å². The number of aliphatic hydroxyl groups is 1. The van der Waals surface area contributed by atoms with Crippen LogP contribution in [0.4, 0.5) is 0 Å². The van der Waals surface area contributed by atoms with Crippen molar-refractivity contribution in [2.24, 2.45) is 0 Å². The summed E-state index contributed by atoms with van der Waals surface area (Å²) < 4.78 is 0.824. The molecule has 0 bridgehead atoms. The third kappa shape index (κ3) is 4.88. The number of amides is 1. The van der Waals surface area contributed by atoms with Gasteiger partial charge in [-0.1, -0.05) is 6.07 Å². The van der Waals surface area contributed by atoms with E-state index < -0.39 is 0 Å². The second-order valence-electron chi connectivity index (χ2n) is 4.02. The lowest BCUT2D eigenvalue weighted by Gasteiger charge is -2.07. The van der Waals surface area contributed by atoms with Crippen LogP contribution in [-0.4, -0.2) is 24.2 Å². The molecule has 0 saturated heterocycles. The quantitative estimate of drug-likeness (QED) is 0.794. The van der Waals surface area contributed by atoms with E-state index in [0.29, 0.717) is 12.1 Å². The Bertz CT molecular complexity index is 380. The fraction of sp³-hybridized carbons (Fsp3) is 0.462. The molecule has 1 amide bonds. The van der Waals surface area contributed by atoms with Crippen molar-refractivity contribution in [3.05, 3.63) is 33.8 Å². The van der Waals surface area contributed by atoms with Gasteiger partial charge in [0.1, 0.15) is 0 Å². The van der Waals surface area contributed by atoms with Crippen LogP contribution < -0.4 is 5.32 Å². The minimum absolute atomic E-state index is 0.0547. The fourth-order valence-corrected chi connectivity index (χ4v) is 2.19. The summed E-state index contributed by atoms with van der Waals surface area (Å²) in [4.78, 5) is 11.8. The maximum atomic E-state index is 11.8. The van der Waals surface area contributed by atoms with Gasteiger partial charge in [0.05, 0.1) is 5.56 Å². The first kappa shape index (κ1) is 14.2. The van der Waals surface area contributed by atoms with Crippen LogP contribution in [0.3, 0.4) is 0 Å². The number of benzene rings is 1. The van der Waals surface area contributed by atoms with Crippen LogP contribution in [0.25, 0.3) is 0 Å². The summed E-state index contributed by atoms with van der Waals surface area (Å²) in [5.74, 6) is -0.0547. The second kappa shape index (κ2) is 7.45. The summed E-state index contributed by atoms with van der Waals surface area (Å²) in [6.45, 7) is 2.86. The molecule has 1 rings (SSSR count). The molecule has 1 aromatic carbocycles. The van der Waals surface area contributed by atoms with E-state index in [0.717, 1.165) is 29.3 Å². The largest absolute Gasteiger partial charge is 0.396 e. The number of carbonyl (C=O) groups is 1. The van der Waals surface area contributed by atoms with Gasteiger partial charge in [0, 0.05) is 17.6 Å². The number of unbranched alkanes of at least 4 members (excludes halogenated alkanes) is 2. The van der Waals surface area contributed by atoms with E-state index in [1.807, 2.05) is 25.1 Å². The Kier molecular flexibility index (Phi) is 6.22. The number of halogens is 1. The first-order chi connectivity index (χ1) is 8.15. The number of aliphatic hydroxyl groups excluding tert-OH is 1. The van der Waals surface area contributed by atoms with Gasteiger partial charge >= 0.3 is 0 Å². The van der Waals surface area contributed by atoms with Gasteiger partial charge in [0.25, 0.3) is 5.91 Å². The average molecular weight is 300 g/mol. The maximum Gasteiger partial charge on any atom is 0.252 e. The number of carbonyl (C=O) groups excluding carboxylic acids is 1. The highest BCUT2D eigenvalue weighted by atomic mass is 79.9. The Morgan fingerprint density at radius 3 is 2.76 bits per heavy atom. The summed E-state index contributed by atoms with van der Waals surface area (Å²) in [5, 5.41) is 11.5.